The van der Waals surface area contributed by atoms with E-state index in [0.29, 0.717) is 37.5 Å². The van der Waals surface area contributed by atoms with Gasteiger partial charge in [0.1, 0.15) is 19.3 Å². The molecule has 0 heterocycles. The molecule has 5 atom stereocenters. The molecule has 0 aromatic carbocycles. The van der Waals surface area contributed by atoms with Crippen LogP contribution >= 0.6 is 15.6 Å². The molecule has 87 heavy (non-hydrogen) atoms. The van der Waals surface area contributed by atoms with E-state index in [-0.39, 0.29) is 25.7 Å². The van der Waals surface area contributed by atoms with E-state index < -0.39 is 97.5 Å². The lowest BCUT2D eigenvalue weighted by atomic mass is 10.0. The molecule has 0 radical (unpaired) electrons. The van der Waals surface area contributed by atoms with E-state index in [1.165, 1.54) is 141 Å². The van der Waals surface area contributed by atoms with Crippen LogP contribution in [0.5, 0.6) is 0 Å². The SMILES string of the molecule is CCCCCCCCCCCCCCCCCC(=O)O[C@H](COC(=O)CCCCCCCCCCCCC(C)C)COP(=O)(O)OC[C@@H](O)COP(=O)(O)OC[C@@H](COC(=O)CCCCCCCCC(C)C)OC(=O)CCCCCCCCCC(C)C. The third-order valence-corrected chi connectivity index (χ3v) is 17.5. The van der Waals surface area contributed by atoms with Crippen molar-refractivity contribution in [2.75, 3.05) is 39.6 Å². The van der Waals surface area contributed by atoms with Crippen molar-refractivity contribution >= 4 is 39.5 Å². The number of esters is 4. The Bertz CT molecular complexity index is 1720. The van der Waals surface area contributed by atoms with Crippen molar-refractivity contribution in [1.29, 1.82) is 0 Å². The van der Waals surface area contributed by atoms with Crippen LogP contribution in [0.1, 0.15) is 337 Å². The minimum Gasteiger partial charge on any atom is -0.462 e. The van der Waals surface area contributed by atoms with Gasteiger partial charge in [0.15, 0.2) is 12.2 Å². The van der Waals surface area contributed by atoms with Crippen LogP contribution in [0, 0.1) is 17.8 Å². The van der Waals surface area contributed by atoms with E-state index in [1.54, 1.807) is 0 Å². The van der Waals surface area contributed by atoms with Crippen molar-refractivity contribution in [3.63, 3.8) is 0 Å². The predicted octanol–water partition coefficient (Wildman–Crippen LogP) is 19.1. The first-order valence-corrected chi connectivity index (χ1v) is 38.3. The van der Waals surface area contributed by atoms with E-state index in [1.807, 2.05) is 0 Å². The third-order valence-electron chi connectivity index (χ3n) is 15.6. The fourth-order valence-corrected chi connectivity index (χ4v) is 11.8. The van der Waals surface area contributed by atoms with Gasteiger partial charge >= 0.3 is 39.5 Å². The molecule has 3 N–H and O–H groups in total. The zero-order valence-corrected chi connectivity index (χ0v) is 58.3. The van der Waals surface area contributed by atoms with E-state index >= 15 is 0 Å². The fraction of sp³-hybridized carbons (Fsp3) is 0.941. The molecule has 17 nitrogen and oxygen atoms in total. The molecule has 0 bridgehead atoms. The standard InChI is InChI=1S/C68H132O17P2/c1-8-9-10-11-12-13-14-15-16-17-18-23-28-37-44-51-67(72)84-63(55-78-65(70)49-42-35-27-22-20-19-21-25-32-39-46-59(2)3)57-82-86(74,75)80-53-62(69)54-81-87(76,77)83-58-64(56-79-66(71)50-43-36-31-30-34-41-48-61(6)7)85-68(73)52-45-38-29-24-26-33-40-47-60(4)5/h59-64,69H,8-58H2,1-7H3,(H,74,75)(H,76,77)/t62-,63-,64-/m1/s1. The van der Waals surface area contributed by atoms with Gasteiger partial charge in [-0.05, 0) is 43.4 Å². The van der Waals surface area contributed by atoms with Crippen molar-refractivity contribution in [2.45, 2.75) is 356 Å². The third kappa shape index (κ3) is 62.6. The highest BCUT2D eigenvalue weighted by molar-refractivity contribution is 7.47. The molecule has 0 fully saturated rings. The van der Waals surface area contributed by atoms with Gasteiger partial charge in [0.25, 0.3) is 0 Å². The number of unbranched alkanes of at least 4 members (excludes halogenated alkanes) is 34. The van der Waals surface area contributed by atoms with Crippen LogP contribution < -0.4 is 0 Å². The van der Waals surface area contributed by atoms with E-state index in [4.69, 9.17) is 37.0 Å². The Labute approximate surface area is 530 Å². The molecule has 0 saturated carbocycles. The molecule has 0 aliphatic rings. The second-order valence-electron chi connectivity index (χ2n) is 26.0. The highest BCUT2D eigenvalue weighted by atomic mass is 31.2. The van der Waals surface area contributed by atoms with Crippen LogP contribution in [0.4, 0.5) is 0 Å². The summed E-state index contributed by atoms with van der Waals surface area (Å²) in [5, 5.41) is 10.6. The second-order valence-corrected chi connectivity index (χ2v) is 28.9. The number of carbonyl (C=O) groups is 4. The van der Waals surface area contributed by atoms with Gasteiger partial charge in [-0.15, -0.1) is 0 Å². The van der Waals surface area contributed by atoms with Crippen LogP contribution in [0.2, 0.25) is 0 Å². The van der Waals surface area contributed by atoms with Gasteiger partial charge in [-0.1, -0.05) is 286 Å². The summed E-state index contributed by atoms with van der Waals surface area (Å²) in [5.41, 5.74) is 0. The molecule has 0 amide bonds. The molecule has 2 unspecified atom stereocenters. The van der Waals surface area contributed by atoms with Gasteiger partial charge in [-0.25, -0.2) is 9.13 Å². The van der Waals surface area contributed by atoms with Gasteiger partial charge in [0.05, 0.1) is 26.4 Å². The van der Waals surface area contributed by atoms with Crippen LogP contribution in [0.15, 0.2) is 0 Å². The molecule has 0 spiro atoms. The van der Waals surface area contributed by atoms with Gasteiger partial charge in [-0.2, -0.15) is 0 Å². The van der Waals surface area contributed by atoms with Gasteiger partial charge in [-0.3, -0.25) is 37.3 Å². The predicted molar refractivity (Wildman–Crippen MR) is 349 cm³/mol. The Morgan fingerprint density at radius 1 is 0.310 bits per heavy atom. The van der Waals surface area contributed by atoms with Crippen LogP contribution in [-0.2, 0) is 65.4 Å². The summed E-state index contributed by atoms with van der Waals surface area (Å²) >= 11 is 0. The van der Waals surface area contributed by atoms with Crippen molar-refractivity contribution in [3.8, 4) is 0 Å². The maximum atomic E-state index is 13.0. The molecular formula is C68H132O17P2. The number of carbonyl (C=O) groups excluding carboxylic acids is 4. The summed E-state index contributed by atoms with van der Waals surface area (Å²) < 4.78 is 68.1. The fourth-order valence-electron chi connectivity index (χ4n) is 10.2. The summed E-state index contributed by atoms with van der Waals surface area (Å²) in [6.07, 6.45) is 41.9. The summed E-state index contributed by atoms with van der Waals surface area (Å²) in [6.45, 7) is 11.7. The quantitative estimate of drug-likeness (QED) is 0.0222. The highest BCUT2D eigenvalue weighted by Gasteiger charge is 2.30. The number of ether oxygens (including phenoxy) is 4. The number of phosphoric acid groups is 2. The van der Waals surface area contributed by atoms with Crippen molar-refractivity contribution in [2.24, 2.45) is 17.8 Å². The molecule has 19 heteroatoms. The molecule has 0 rings (SSSR count). The number of rotatable bonds is 66. The molecule has 0 aliphatic carbocycles. The van der Waals surface area contributed by atoms with Crippen LogP contribution in [0.3, 0.4) is 0 Å². The van der Waals surface area contributed by atoms with E-state index in [9.17, 15) is 43.2 Å². The Hall–Kier alpha value is -1.94. The normalized spacial score (nSPS) is 14.3. The Kier molecular flexibility index (Phi) is 57.8. The summed E-state index contributed by atoms with van der Waals surface area (Å²) in [6, 6.07) is 0. The minimum absolute atomic E-state index is 0.102. The maximum absolute atomic E-state index is 13.0. The first-order chi connectivity index (χ1) is 41.7. The summed E-state index contributed by atoms with van der Waals surface area (Å²) in [5.74, 6) is 0.00140. The monoisotopic (exact) mass is 1280 g/mol. The molecule has 0 aromatic heterocycles. The first-order valence-electron chi connectivity index (χ1n) is 35.3. The van der Waals surface area contributed by atoms with Gasteiger partial charge < -0.3 is 33.8 Å². The second kappa shape index (κ2) is 59.1. The lowest BCUT2D eigenvalue weighted by Gasteiger charge is -2.21. The average Bonchev–Trinajstić information content (AvgIpc) is 3.62. The van der Waals surface area contributed by atoms with Crippen molar-refractivity contribution in [3.05, 3.63) is 0 Å². The van der Waals surface area contributed by atoms with Gasteiger partial charge in [0.2, 0.25) is 0 Å². The highest BCUT2D eigenvalue weighted by Crippen LogP contribution is 2.45. The van der Waals surface area contributed by atoms with Gasteiger partial charge in [0, 0.05) is 25.7 Å². The van der Waals surface area contributed by atoms with Crippen LogP contribution in [0.25, 0.3) is 0 Å². The number of phosphoric ester groups is 2. The topological polar surface area (TPSA) is 237 Å². The molecule has 0 aliphatic heterocycles. The summed E-state index contributed by atoms with van der Waals surface area (Å²) in [4.78, 5) is 72.4. The van der Waals surface area contributed by atoms with Crippen LogP contribution in [-0.4, -0.2) is 96.7 Å². The molecule has 0 aromatic rings. The maximum Gasteiger partial charge on any atom is 0.472 e. The lowest BCUT2D eigenvalue weighted by molar-refractivity contribution is -0.161. The van der Waals surface area contributed by atoms with Crippen molar-refractivity contribution in [1.82, 2.24) is 0 Å². The Morgan fingerprint density at radius 2 is 0.529 bits per heavy atom. The number of aliphatic hydroxyl groups is 1. The first kappa shape index (κ1) is 85.1. The molecular weight excluding hydrogens is 1150 g/mol. The number of hydrogen-bond acceptors (Lipinski definition) is 15. The van der Waals surface area contributed by atoms with Crippen molar-refractivity contribution < 1.29 is 80.2 Å². The largest absolute Gasteiger partial charge is 0.472 e. The average molecular weight is 1280 g/mol. The molecule has 516 valence electrons. The number of hydrogen-bond donors (Lipinski definition) is 3. The minimum atomic E-state index is -4.95. The molecule has 0 saturated heterocycles. The summed E-state index contributed by atoms with van der Waals surface area (Å²) in [7, 11) is -9.90. The lowest BCUT2D eigenvalue weighted by Crippen LogP contribution is -2.30. The smallest absolute Gasteiger partial charge is 0.462 e. The Balaban J connectivity index is 5.24. The number of aliphatic hydroxyl groups excluding tert-OH is 1. The van der Waals surface area contributed by atoms with E-state index in [2.05, 4.69) is 48.5 Å². The van der Waals surface area contributed by atoms with E-state index in [0.717, 1.165) is 102 Å². The Morgan fingerprint density at radius 3 is 0.782 bits per heavy atom. The zero-order chi connectivity index (χ0) is 64.5. The zero-order valence-electron chi connectivity index (χ0n) is 56.5.